The number of benzene rings is 1. The zero-order valence-electron chi connectivity index (χ0n) is 8.13. The number of halogens is 1. The molecule has 0 saturated carbocycles. The van der Waals surface area contributed by atoms with E-state index in [4.69, 9.17) is 0 Å². The van der Waals surface area contributed by atoms with Crippen LogP contribution in [0, 0.1) is 0 Å². The molecule has 2 aromatic rings. The molecule has 72 valence electrons. The van der Waals surface area contributed by atoms with Crippen LogP contribution in [0.5, 0.6) is 0 Å². The average Bonchev–Trinajstić information content (AvgIpc) is 2.19. The van der Waals surface area contributed by atoms with Gasteiger partial charge in [-0.05, 0) is 34.0 Å². The Morgan fingerprint density at radius 3 is 2.86 bits per heavy atom. The third-order valence-corrected chi connectivity index (χ3v) is 2.73. The Labute approximate surface area is 92.3 Å². The van der Waals surface area contributed by atoms with Crippen LogP contribution < -0.4 is 0 Å². The van der Waals surface area contributed by atoms with Crippen LogP contribution in [0.1, 0.15) is 18.9 Å². The molecule has 1 heterocycles. The van der Waals surface area contributed by atoms with Crippen molar-refractivity contribution < 1.29 is 0 Å². The maximum absolute atomic E-state index is 4.51. The van der Waals surface area contributed by atoms with Crippen molar-refractivity contribution in [2.75, 3.05) is 0 Å². The minimum Gasteiger partial charge on any atom is -0.241 e. The highest BCUT2D eigenvalue weighted by Crippen LogP contribution is 2.20. The van der Waals surface area contributed by atoms with Gasteiger partial charge < -0.3 is 0 Å². The second kappa shape index (κ2) is 4.09. The molecule has 0 saturated heterocycles. The number of para-hydroxylation sites is 1. The highest BCUT2D eigenvalue weighted by Gasteiger charge is 2.01. The SMILES string of the molecule is CCCc1cccc2ccc(Br)nc12. The fraction of sp³-hybridized carbons (Fsp3) is 0.250. The van der Waals surface area contributed by atoms with Crippen LogP contribution >= 0.6 is 15.9 Å². The minimum absolute atomic E-state index is 0.911. The lowest BCUT2D eigenvalue weighted by atomic mass is 10.1. The number of hydrogen-bond donors (Lipinski definition) is 0. The second-order valence-corrected chi connectivity index (χ2v) is 4.19. The first-order valence-corrected chi connectivity index (χ1v) is 5.64. The van der Waals surface area contributed by atoms with E-state index in [9.17, 15) is 0 Å². The Bertz CT molecular complexity index is 451. The van der Waals surface area contributed by atoms with Crippen molar-refractivity contribution in [2.45, 2.75) is 19.8 Å². The molecule has 0 fully saturated rings. The summed E-state index contributed by atoms with van der Waals surface area (Å²) in [7, 11) is 0. The predicted molar refractivity (Wildman–Crippen MR) is 63.4 cm³/mol. The Balaban J connectivity index is 2.64. The molecule has 2 heteroatoms. The summed E-state index contributed by atoms with van der Waals surface area (Å²) in [6, 6.07) is 10.5. The van der Waals surface area contributed by atoms with Gasteiger partial charge in [-0.25, -0.2) is 4.98 Å². The van der Waals surface area contributed by atoms with Crippen LogP contribution in [-0.4, -0.2) is 4.98 Å². The molecule has 1 aromatic carbocycles. The van der Waals surface area contributed by atoms with Gasteiger partial charge in [-0.2, -0.15) is 0 Å². The van der Waals surface area contributed by atoms with Gasteiger partial charge in [0.15, 0.2) is 0 Å². The summed E-state index contributed by atoms with van der Waals surface area (Å²) in [4.78, 5) is 4.51. The maximum atomic E-state index is 4.51. The highest BCUT2D eigenvalue weighted by atomic mass is 79.9. The van der Waals surface area contributed by atoms with Gasteiger partial charge >= 0.3 is 0 Å². The van der Waals surface area contributed by atoms with Crippen molar-refractivity contribution in [3.63, 3.8) is 0 Å². The number of pyridine rings is 1. The molecule has 0 unspecified atom stereocenters. The molecule has 0 spiro atoms. The Morgan fingerprint density at radius 1 is 1.21 bits per heavy atom. The van der Waals surface area contributed by atoms with Crippen molar-refractivity contribution in [1.82, 2.24) is 4.98 Å². The lowest BCUT2D eigenvalue weighted by molar-refractivity contribution is 0.926. The topological polar surface area (TPSA) is 12.9 Å². The van der Waals surface area contributed by atoms with Crippen LogP contribution in [-0.2, 0) is 6.42 Å². The van der Waals surface area contributed by atoms with E-state index in [0.717, 1.165) is 23.0 Å². The summed E-state index contributed by atoms with van der Waals surface area (Å²) in [5.74, 6) is 0. The smallest absolute Gasteiger partial charge is 0.106 e. The van der Waals surface area contributed by atoms with Gasteiger partial charge in [0.1, 0.15) is 4.60 Å². The lowest BCUT2D eigenvalue weighted by Gasteiger charge is -2.04. The molecule has 0 bridgehead atoms. The fourth-order valence-electron chi connectivity index (χ4n) is 1.66. The summed E-state index contributed by atoms with van der Waals surface area (Å²) in [5.41, 5.74) is 2.47. The summed E-state index contributed by atoms with van der Waals surface area (Å²) in [6.07, 6.45) is 2.26. The average molecular weight is 250 g/mol. The van der Waals surface area contributed by atoms with Gasteiger partial charge in [0.25, 0.3) is 0 Å². The molecule has 0 aliphatic rings. The van der Waals surface area contributed by atoms with E-state index in [2.05, 4.69) is 52.1 Å². The lowest BCUT2D eigenvalue weighted by Crippen LogP contribution is -1.88. The molecule has 14 heavy (non-hydrogen) atoms. The molecule has 0 amide bonds. The molecule has 1 nitrogen and oxygen atoms in total. The third-order valence-electron chi connectivity index (χ3n) is 2.29. The Hall–Kier alpha value is -0.890. The number of aryl methyl sites for hydroxylation is 1. The van der Waals surface area contributed by atoms with E-state index >= 15 is 0 Å². The van der Waals surface area contributed by atoms with Crippen LogP contribution in [0.25, 0.3) is 10.9 Å². The zero-order valence-corrected chi connectivity index (χ0v) is 9.71. The maximum Gasteiger partial charge on any atom is 0.106 e. The molecule has 0 aliphatic carbocycles. The van der Waals surface area contributed by atoms with Crippen LogP contribution in [0.2, 0.25) is 0 Å². The van der Waals surface area contributed by atoms with E-state index < -0.39 is 0 Å². The number of nitrogens with zero attached hydrogens (tertiary/aromatic N) is 1. The van der Waals surface area contributed by atoms with Crippen LogP contribution in [0.4, 0.5) is 0 Å². The van der Waals surface area contributed by atoms with Crippen molar-refractivity contribution in [2.24, 2.45) is 0 Å². The number of rotatable bonds is 2. The van der Waals surface area contributed by atoms with E-state index in [1.54, 1.807) is 0 Å². The number of aromatic nitrogens is 1. The third kappa shape index (κ3) is 1.80. The first kappa shape index (κ1) is 9.66. The fourth-order valence-corrected chi connectivity index (χ4v) is 1.97. The van der Waals surface area contributed by atoms with Gasteiger partial charge in [-0.15, -0.1) is 0 Å². The van der Waals surface area contributed by atoms with Crippen LogP contribution in [0.3, 0.4) is 0 Å². The monoisotopic (exact) mass is 249 g/mol. The first-order chi connectivity index (χ1) is 6.81. The van der Waals surface area contributed by atoms with E-state index in [1.807, 2.05) is 6.07 Å². The molecule has 1 aromatic heterocycles. The van der Waals surface area contributed by atoms with Gasteiger partial charge in [-0.3, -0.25) is 0 Å². The highest BCUT2D eigenvalue weighted by molar-refractivity contribution is 9.10. The number of fused-ring (bicyclic) bond motifs is 1. The van der Waals surface area contributed by atoms with E-state index in [1.165, 1.54) is 10.9 Å². The minimum atomic E-state index is 0.911. The first-order valence-electron chi connectivity index (χ1n) is 4.85. The molecule has 2 rings (SSSR count). The van der Waals surface area contributed by atoms with Gasteiger partial charge in [0.2, 0.25) is 0 Å². The predicted octanol–water partition coefficient (Wildman–Crippen LogP) is 3.95. The summed E-state index contributed by atoms with van der Waals surface area (Å²) >= 11 is 3.41. The molecule has 0 aliphatic heterocycles. The summed E-state index contributed by atoms with van der Waals surface area (Å²) in [6.45, 7) is 2.19. The second-order valence-electron chi connectivity index (χ2n) is 3.37. The molecule has 0 N–H and O–H groups in total. The molecule has 0 radical (unpaired) electrons. The quantitative estimate of drug-likeness (QED) is 0.735. The number of hydrogen-bond acceptors (Lipinski definition) is 1. The van der Waals surface area contributed by atoms with Crippen molar-refractivity contribution in [1.29, 1.82) is 0 Å². The molecular formula is C12H12BrN. The normalized spacial score (nSPS) is 10.7. The standard InChI is InChI=1S/C12H12BrN/c1-2-4-9-5-3-6-10-7-8-11(13)14-12(9)10/h3,5-8H,2,4H2,1H3. The van der Waals surface area contributed by atoms with Gasteiger partial charge in [-0.1, -0.05) is 37.6 Å². The van der Waals surface area contributed by atoms with Crippen molar-refractivity contribution in [3.8, 4) is 0 Å². The van der Waals surface area contributed by atoms with Gasteiger partial charge in [0, 0.05) is 5.39 Å². The van der Waals surface area contributed by atoms with E-state index in [-0.39, 0.29) is 0 Å². The molecule has 0 atom stereocenters. The van der Waals surface area contributed by atoms with Crippen molar-refractivity contribution >= 4 is 26.8 Å². The van der Waals surface area contributed by atoms with Crippen LogP contribution in [0.15, 0.2) is 34.9 Å². The van der Waals surface area contributed by atoms with Crippen molar-refractivity contribution in [3.05, 3.63) is 40.5 Å². The Morgan fingerprint density at radius 2 is 2.07 bits per heavy atom. The van der Waals surface area contributed by atoms with E-state index in [0.29, 0.717) is 0 Å². The zero-order chi connectivity index (χ0) is 9.97. The summed E-state index contributed by atoms with van der Waals surface area (Å²) in [5, 5.41) is 1.22. The summed E-state index contributed by atoms with van der Waals surface area (Å²) < 4.78 is 0.911. The molecular weight excluding hydrogens is 238 g/mol. The Kier molecular flexibility index (Phi) is 2.82. The van der Waals surface area contributed by atoms with Gasteiger partial charge in [0.05, 0.1) is 5.52 Å². The largest absolute Gasteiger partial charge is 0.241 e.